The van der Waals surface area contributed by atoms with Crippen LogP contribution in [0.5, 0.6) is 0 Å². The maximum absolute atomic E-state index is 11.3. The summed E-state index contributed by atoms with van der Waals surface area (Å²) in [4.78, 5) is 11.3. The van der Waals surface area contributed by atoms with Crippen molar-refractivity contribution < 1.29 is 14.6 Å². The Kier molecular flexibility index (Phi) is 4.38. The second-order valence-electron chi connectivity index (χ2n) is 4.57. The number of methoxy groups -OCH3 is 1. The molecule has 20 heavy (non-hydrogen) atoms. The lowest BCUT2D eigenvalue weighted by Gasteiger charge is -2.14. The van der Waals surface area contributed by atoms with E-state index in [1.807, 2.05) is 37.3 Å². The quantitative estimate of drug-likeness (QED) is 0.872. The lowest BCUT2D eigenvalue weighted by Crippen LogP contribution is -2.04. The summed E-state index contributed by atoms with van der Waals surface area (Å²) < 4.78 is 5.15. The van der Waals surface area contributed by atoms with Gasteiger partial charge in [0.25, 0.3) is 0 Å². The molecule has 0 aliphatic rings. The average molecular weight is 271 g/mol. The number of hydrogen-bond acceptors (Lipinski definition) is 3. The van der Waals surface area contributed by atoms with Crippen LogP contribution in [0.25, 0.3) is 0 Å². The third-order valence-electron chi connectivity index (χ3n) is 2.99. The summed E-state index contributed by atoms with van der Waals surface area (Å²) in [7, 11) is 1.63. The zero-order valence-electron chi connectivity index (χ0n) is 11.5. The van der Waals surface area contributed by atoms with Crippen LogP contribution in [-0.4, -0.2) is 18.2 Å². The molecule has 0 saturated heterocycles. The molecule has 0 aromatic heterocycles. The Morgan fingerprint density at radius 1 is 1.20 bits per heavy atom. The Labute approximate surface area is 118 Å². The fourth-order valence-electron chi connectivity index (χ4n) is 2.01. The maximum atomic E-state index is 11.3. The summed E-state index contributed by atoms with van der Waals surface area (Å²) in [6.45, 7) is 2.34. The summed E-state index contributed by atoms with van der Waals surface area (Å²) in [6.07, 6.45) is 0. The molecule has 0 atom stereocenters. The zero-order valence-corrected chi connectivity index (χ0v) is 11.5. The van der Waals surface area contributed by atoms with Crippen LogP contribution >= 0.6 is 0 Å². The van der Waals surface area contributed by atoms with Crippen molar-refractivity contribution in [3.63, 3.8) is 0 Å². The normalized spacial score (nSPS) is 10.3. The van der Waals surface area contributed by atoms with E-state index in [9.17, 15) is 9.90 Å². The molecule has 0 unspecified atom stereocenters. The number of anilines is 2. The van der Waals surface area contributed by atoms with Gasteiger partial charge in [-0.2, -0.15) is 0 Å². The van der Waals surface area contributed by atoms with E-state index in [-0.39, 0.29) is 5.56 Å². The summed E-state index contributed by atoms with van der Waals surface area (Å²) in [5.41, 5.74) is 3.58. The van der Waals surface area contributed by atoms with Crippen molar-refractivity contribution in [1.29, 1.82) is 0 Å². The van der Waals surface area contributed by atoms with E-state index >= 15 is 0 Å². The van der Waals surface area contributed by atoms with Crippen LogP contribution in [0.3, 0.4) is 0 Å². The van der Waals surface area contributed by atoms with Crippen molar-refractivity contribution in [1.82, 2.24) is 0 Å². The molecule has 0 amide bonds. The van der Waals surface area contributed by atoms with Crippen LogP contribution < -0.4 is 5.32 Å². The first-order chi connectivity index (χ1) is 9.61. The Balaban J connectivity index is 2.37. The first-order valence-electron chi connectivity index (χ1n) is 6.29. The molecular formula is C16H17NO3. The lowest BCUT2D eigenvalue weighted by molar-refractivity contribution is 0.0698. The van der Waals surface area contributed by atoms with Gasteiger partial charge in [0, 0.05) is 18.4 Å². The van der Waals surface area contributed by atoms with Crippen molar-refractivity contribution in [3.05, 3.63) is 59.2 Å². The molecule has 2 aromatic carbocycles. The average Bonchev–Trinajstić information content (AvgIpc) is 2.43. The van der Waals surface area contributed by atoms with Crippen molar-refractivity contribution in [2.24, 2.45) is 0 Å². The second kappa shape index (κ2) is 6.21. The van der Waals surface area contributed by atoms with Crippen LogP contribution in [0.1, 0.15) is 21.5 Å². The summed E-state index contributed by atoms with van der Waals surface area (Å²) in [5.74, 6) is -0.944. The summed E-state index contributed by atoms with van der Waals surface area (Å²) in [6, 6.07) is 13.0. The number of ether oxygens (including phenoxy) is 1. The van der Waals surface area contributed by atoms with Crippen molar-refractivity contribution in [2.45, 2.75) is 13.5 Å². The fraction of sp³-hybridized carbons (Fsp3) is 0.188. The van der Waals surface area contributed by atoms with Gasteiger partial charge in [0.15, 0.2) is 0 Å². The van der Waals surface area contributed by atoms with Gasteiger partial charge in [0.05, 0.1) is 17.9 Å². The predicted molar refractivity (Wildman–Crippen MR) is 78.6 cm³/mol. The van der Waals surface area contributed by atoms with Crippen LogP contribution in [0.4, 0.5) is 11.4 Å². The van der Waals surface area contributed by atoms with E-state index in [0.717, 1.165) is 16.8 Å². The molecule has 0 bridgehead atoms. The van der Waals surface area contributed by atoms with E-state index in [0.29, 0.717) is 12.3 Å². The Morgan fingerprint density at radius 2 is 1.95 bits per heavy atom. The van der Waals surface area contributed by atoms with Gasteiger partial charge in [0.1, 0.15) is 0 Å². The number of rotatable bonds is 5. The monoisotopic (exact) mass is 271 g/mol. The Bertz CT molecular complexity index is 623. The minimum Gasteiger partial charge on any atom is -0.478 e. The van der Waals surface area contributed by atoms with E-state index in [4.69, 9.17) is 4.74 Å². The molecule has 0 aliphatic heterocycles. The molecule has 104 valence electrons. The smallest absolute Gasteiger partial charge is 0.337 e. The summed E-state index contributed by atoms with van der Waals surface area (Å²) in [5, 5.41) is 12.4. The standard InChI is InChI=1S/C16H17NO3/c1-11-7-8-15(13(9-11)16(18)19)17-14-6-4-3-5-12(14)10-20-2/h3-9,17H,10H2,1-2H3,(H,18,19). The van der Waals surface area contributed by atoms with E-state index in [2.05, 4.69) is 5.32 Å². The van der Waals surface area contributed by atoms with Crippen molar-refractivity contribution in [3.8, 4) is 0 Å². The molecule has 0 aliphatic carbocycles. The highest BCUT2D eigenvalue weighted by atomic mass is 16.5. The summed E-state index contributed by atoms with van der Waals surface area (Å²) >= 11 is 0. The lowest BCUT2D eigenvalue weighted by atomic mass is 10.1. The Morgan fingerprint density at radius 3 is 2.65 bits per heavy atom. The number of aromatic carboxylic acids is 1. The van der Waals surface area contributed by atoms with Gasteiger partial charge in [-0.3, -0.25) is 0 Å². The molecule has 0 saturated carbocycles. The van der Waals surface area contributed by atoms with Gasteiger partial charge in [-0.25, -0.2) is 4.79 Å². The largest absolute Gasteiger partial charge is 0.478 e. The SMILES string of the molecule is COCc1ccccc1Nc1ccc(C)cc1C(=O)O. The predicted octanol–water partition coefficient (Wildman–Crippen LogP) is 3.58. The highest BCUT2D eigenvalue weighted by molar-refractivity contribution is 5.95. The second-order valence-corrected chi connectivity index (χ2v) is 4.57. The highest BCUT2D eigenvalue weighted by Crippen LogP contribution is 2.25. The molecule has 0 heterocycles. The maximum Gasteiger partial charge on any atom is 0.337 e. The van der Waals surface area contributed by atoms with Gasteiger partial charge in [-0.1, -0.05) is 29.8 Å². The number of benzene rings is 2. The first-order valence-corrected chi connectivity index (χ1v) is 6.29. The molecule has 4 heteroatoms. The minimum absolute atomic E-state index is 0.261. The van der Waals surface area contributed by atoms with Gasteiger partial charge in [-0.15, -0.1) is 0 Å². The highest BCUT2D eigenvalue weighted by Gasteiger charge is 2.11. The number of hydrogen-bond donors (Lipinski definition) is 2. The van der Waals surface area contributed by atoms with Crippen molar-refractivity contribution >= 4 is 17.3 Å². The third-order valence-corrected chi connectivity index (χ3v) is 2.99. The van der Waals surface area contributed by atoms with E-state index < -0.39 is 5.97 Å². The number of carbonyl (C=O) groups is 1. The zero-order chi connectivity index (χ0) is 14.5. The molecule has 0 spiro atoms. The van der Waals surface area contributed by atoms with Crippen LogP contribution in [0.15, 0.2) is 42.5 Å². The molecule has 4 nitrogen and oxygen atoms in total. The molecule has 2 N–H and O–H groups in total. The fourth-order valence-corrected chi connectivity index (χ4v) is 2.01. The Hall–Kier alpha value is -2.33. The number of carboxylic acid groups (broad SMARTS) is 1. The number of carboxylic acids is 1. The number of aryl methyl sites for hydroxylation is 1. The minimum atomic E-state index is -0.944. The molecule has 0 radical (unpaired) electrons. The molecule has 2 rings (SSSR count). The van der Waals surface area contributed by atoms with Crippen LogP contribution in [0, 0.1) is 6.92 Å². The number of para-hydroxylation sites is 1. The van der Waals surface area contributed by atoms with Crippen LogP contribution in [0.2, 0.25) is 0 Å². The molecular weight excluding hydrogens is 254 g/mol. The molecule has 2 aromatic rings. The third kappa shape index (κ3) is 3.16. The van der Waals surface area contributed by atoms with Gasteiger partial charge in [-0.05, 0) is 25.1 Å². The first kappa shape index (κ1) is 14.1. The van der Waals surface area contributed by atoms with Gasteiger partial charge < -0.3 is 15.2 Å². The topological polar surface area (TPSA) is 58.6 Å². The van der Waals surface area contributed by atoms with E-state index in [1.54, 1.807) is 19.2 Å². The van der Waals surface area contributed by atoms with Crippen LogP contribution in [-0.2, 0) is 11.3 Å². The molecule has 0 fully saturated rings. The number of nitrogens with one attached hydrogen (secondary N) is 1. The van der Waals surface area contributed by atoms with Crippen molar-refractivity contribution in [2.75, 3.05) is 12.4 Å². The van der Waals surface area contributed by atoms with Gasteiger partial charge in [0.2, 0.25) is 0 Å². The van der Waals surface area contributed by atoms with E-state index in [1.165, 1.54) is 0 Å². The van der Waals surface area contributed by atoms with Gasteiger partial charge >= 0.3 is 5.97 Å².